The second kappa shape index (κ2) is 11.4. The summed E-state index contributed by atoms with van der Waals surface area (Å²) >= 11 is 0. The van der Waals surface area contributed by atoms with Gasteiger partial charge in [0, 0.05) is 43.9 Å². The molecule has 1 aromatic rings. The maximum atomic E-state index is 13.3. The molecule has 1 saturated carbocycles. The molecule has 0 bridgehead atoms. The zero-order valence-electron chi connectivity index (χ0n) is 20.6. The van der Waals surface area contributed by atoms with E-state index in [4.69, 9.17) is 9.94 Å². The number of carbonyl (C=O) groups excluding carboxylic acids is 3. The summed E-state index contributed by atoms with van der Waals surface area (Å²) in [6.45, 7) is 5.81. The van der Waals surface area contributed by atoms with E-state index >= 15 is 0 Å². The minimum atomic E-state index is -0.498. The van der Waals surface area contributed by atoms with Crippen molar-refractivity contribution in [2.24, 2.45) is 11.3 Å². The van der Waals surface area contributed by atoms with Crippen molar-refractivity contribution in [3.05, 3.63) is 24.3 Å². The van der Waals surface area contributed by atoms with Gasteiger partial charge in [0.25, 0.3) is 0 Å². The molecule has 0 aromatic heterocycles. The first-order valence-electron chi connectivity index (χ1n) is 12.9. The molecule has 1 aliphatic carbocycles. The lowest BCUT2D eigenvalue weighted by atomic mass is 9.94. The van der Waals surface area contributed by atoms with E-state index in [1.165, 1.54) is 0 Å². The molecule has 2 saturated heterocycles. The largest absolute Gasteiger partial charge is 0.378 e. The Morgan fingerprint density at radius 3 is 2.49 bits per heavy atom. The molecule has 3 N–H and O–H groups in total. The zero-order valence-corrected chi connectivity index (χ0v) is 20.6. The first-order chi connectivity index (χ1) is 16.9. The van der Waals surface area contributed by atoms with Gasteiger partial charge in [-0.1, -0.05) is 19.8 Å². The number of unbranched alkanes of at least 4 members (excludes halogenated alkanes) is 1. The van der Waals surface area contributed by atoms with Gasteiger partial charge in [0.1, 0.15) is 6.04 Å². The van der Waals surface area contributed by atoms with Gasteiger partial charge in [-0.2, -0.15) is 0 Å². The molecule has 3 fully saturated rings. The van der Waals surface area contributed by atoms with Crippen molar-refractivity contribution in [3.63, 3.8) is 0 Å². The van der Waals surface area contributed by atoms with Crippen molar-refractivity contribution >= 4 is 29.1 Å². The molecular formula is C26H38N4O5. The molecule has 4 rings (SSSR count). The van der Waals surface area contributed by atoms with Crippen LogP contribution >= 0.6 is 0 Å². The second-order valence-corrected chi connectivity index (χ2v) is 10.3. The highest BCUT2D eigenvalue weighted by molar-refractivity contribution is 5.98. The number of likely N-dealkylation sites (tertiary alicyclic amines) is 1. The molecule has 3 amide bonds. The third-order valence-corrected chi connectivity index (χ3v) is 7.63. The Morgan fingerprint density at radius 1 is 1.14 bits per heavy atom. The third kappa shape index (κ3) is 6.52. The topological polar surface area (TPSA) is 111 Å². The third-order valence-electron chi connectivity index (χ3n) is 7.63. The fourth-order valence-electron chi connectivity index (χ4n) is 5.34. The molecule has 1 spiro atoms. The quantitative estimate of drug-likeness (QED) is 0.346. The van der Waals surface area contributed by atoms with Gasteiger partial charge in [0.2, 0.25) is 17.7 Å². The fraction of sp³-hybridized carbons (Fsp3) is 0.654. The highest BCUT2D eigenvalue weighted by Crippen LogP contribution is 2.55. The number of nitrogens with one attached hydrogen (secondary N) is 2. The molecule has 0 radical (unpaired) electrons. The number of hydroxylamine groups is 1. The predicted molar refractivity (Wildman–Crippen MR) is 132 cm³/mol. The summed E-state index contributed by atoms with van der Waals surface area (Å²) in [5.41, 5.74) is 3.57. The molecule has 9 nitrogen and oxygen atoms in total. The highest BCUT2D eigenvalue weighted by atomic mass is 16.5. The van der Waals surface area contributed by atoms with E-state index in [0.29, 0.717) is 13.0 Å². The van der Waals surface area contributed by atoms with E-state index in [9.17, 15) is 14.4 Å². The summed E-state index contributed by atoms with van der Waals surface area (Å²) in [6.07, 6.45) is 5.70. The Kier molecular flexibility index (Phi) is 8.28. The summed E-state index contributed by atoms with van der Waals surface area (Å²) in [5.74, 6) is -0.863. The van der Waals surface area contributed by atoms with Crippen LogP contribution in [0.1, 0.15) is 58.3 Å². The maximum Gasteiger partial charge on any atom is 0.247 e. The summed E-state index contributed by atoms with van der Waals surface area (Å²) in [4.78, 5) is 42.4. The maximum absolute atomic E-state index is 13.3. The number of morpholine rings is 1. The van der Waals surface area contributed by atoms with Gasteiger partial charge in [-0.15, -0.1) is 0 Å². The lowest BCUT2D eigenvalue weighted by molar-refractivity contribution is -0.138. The van der Waals surface area contributed by atoms with E-state index in [0.717, 1.165) is 69.8 Å². The minimum Gasteiger partial charge on any atom is -0.378 e. The number of nitrogens with zero attached hydrogens (tertiary/aromatic N) is 2. The molecule has 2 aliphatic heterocycles. The van der Waals surface area contributed by atoms with Crippen LogP contribution in [-0.4, -0.2) is 66.7 Å². The first kappa shape index (κ1) is 25.4. The Hall–Kier alpha value is -2.65. The van der Waals surface area contributed by atoms with Crippen LogP contribution in [-0.2, 0) is 19.1 Å². The van der Waals surface area contributed by atoms with Crippen molar-refractivity contribution in [2.45, 2.75) is 64.3 Å². The number of ether oxygens (including phenoxy) is 1. The Bertz CT molecular complexity index is 896. The first-order valence-corrected chi connectivity index (χ1v) is 12.9. The number of carbonyl (C=O) groups is 3. The lowest BCUT2D eigenvalue weighted by Gasteiger charge is -2.29. The molecule has 3 aliphatic rings. The van der Waals surface area contributed by atoms with Crippen LogP contribution in [0.15, 0.2) is 24.3 Å². The van der Waals surface area contributed by atoms with Gasteiger partial charge in [-0.3, -0.25) is 19.6 Å². The number of hydrogen-bond donors (Lipinski definition) is 3. The van der Waals surface area contributed by atoms with Crippen LogP contribution in [0.25, 0.3) is 0 Å². The van der Waals surface area contributed by atoms with E-state index in [2.05, 4.69) is 17.1 Å². The van der Waals surface area contributed by atoms with Crippen LogP contribution in [0.2, 0.25) is 0 Å². The van der Waals surface area contributed by atoms with Crippen LogP contribution in [0.4, 0.5) is 11.4 Å². The molecule has 9 heteroatoms. The Balaban J connectivity index is 1.39. The van der Waals surface area contributed by atoms with Crippen molar-refractivity contribution in [1.29, 1.82) is 0 Å². The smallest absolute Gasteiger partial charge is 0.247 e. The number of anilines is 2. The van der Waals surface area contributed by atoms with Gasteiger partial charge in [-0.05, 0) is 61.3 Å². The fourth-order valence-corrected chi connectivity index (χ4v) is 5.34. The normalized spacial score (nSPS) is 21.6. The van der Waals surface area contributed by atoms with Gasteiger partial charge in [0.05, 0.1) is 13.2 Å². The second-order valence-electron chi connectivity index (χ2n) is 10.3. The van der Waals surface area contributed by atoms with Crippen LogP contribution < -0.4 is 15.7 Å². The average Bonchev–Trinajstić information content (AvgIpc) is 3.52. The number of hydrogen-bond acceptors (Lipinski definition) is 6. The van der Waals surface area contributed by atoms with Crippen molar-refractivity contribution in [3.8, 4) is 0 Å². The van der Waals surface area contributed by atoms with Gasteiger partial charge >= 0.3 is 0 Å². The average molecular weight is 487 g/mol. The van der Waals surface area contributed by atoms with E-state index in [-0.39, 0.29) is 36.0 Å². The molecule has 2 heterocycles. The van der Waals surface area contributed by atoms with E-state index < -0.39 is 11.9 Å². The van der Waals surface area contributed by atoms with Crippen molar-refractivity contribution in [1.82, 2.24) is 10.4 Å². The summed E-state index contributed by atoms with van der Waals surface area (Å²) in [5, 5.41) is 11.9. The standard InChI is InChI=1S/C26H38N4O5/c1-2-3-4-19(15-23(31)28-34)16-24(32)30-18-26(9-10-26)17-22(30)25(33)27-20-5-7-21(8-6-20)29-11-13-35-14-12-29/h5-8,19,22,34H,2-4,9-18H2,1H3,(H,27,33)(H,28,31)/t19-,22-/m0/s1. The van der Waals surface area contributed by atoms with E-state index in [1.54, 1.807) is 10.4 Å². The van der Waals surface area contributed by atoms with Crippen molar-refractivity contribution in [2.75, 3.05) is 43.1 Å². The summed E-state index contributed by atoms with van der Waals surface area (Å²) in [6, 6.07) is 7.33. The van der Waals surface area contributed by atoms with Crippen molar-refractivity contribution < 1.29 is 24.3 Å². The molecule has 2 atom stereocenters. The molecular weight excluding hydrogens is 448 g/mol. The van der Waals surface area contributed by atoms with Crippen LogP contribution in [0.3, 0.4) is 0 Å². The van der Waals surface area contributed by atoms with Gasteiger partial charge in [0.15, 0.2) is 0 Å². The molecule has 35 heavy (non-hydrogen) atoms. The SMILES string of the molecule is CCCC[C@@H](CC(=O)NO)CC(=O)N1CC2(CC2)C[C@H]1C(=O)Nc1ccc(N2CCOCC2)cc1. The van der Waals surface area contributed by atoms with E-state index in [1.807, 2.05) is 24.3 Å². The monoisotopic (exact) mass is 486 g/mol. The highest BCUT2D eigenvalue weighted by Gasteiger charge is 2.55. The van der Waals surface area contributed by atoms with Crippen LogP contribution in [0.5, 0.6) is 0 Å². The molecule has 0 unspecified atom stereocenters. The number of rotatable bonds is 10. The Labute approximate surface area is 207 Å². The predicted octanol–water partition coefficient (Wildman–Crippen LogP) is 2.93. The van der Waals surface area contributed by atoms with Crippen LogP contribution in [0, 0.1) is 11.3 Å². The summed E-state index contributed by atoms with van der Waals surface area (Å²) < 4.78 is 5.41. The lowest BCUT2D eigenvalue weighted by Crippen LogP contribution is -2.44. The van der Waals surface area contributed by atoms with Gasteiger partial charge < -0.3 is 19.9 Å². The molecule has 1 aromatic carbocycles. The summed E-state index contributed by atoms with van der Waals surface area (Å²) in [7, 11) is 0. The minimum absolute atomic E-state index is 0.0687. The molecule has 192 valence electrons. The Morgan fingerprint density at radius 2 is 1.86 bits per heavy atom. The number of amides is 3. The zero-order chi connectivity index (χ0) is 24.8. The number of benzene rings is 1. The van der Waals surface area contributed by atoms with Gasteiger partial charge in [-0.25, -0.2) is 5.48 Å².